The highest BCUT2D eigenvalue weighted by Crippen LogP contribution is 2.16. The molecule has 0 aromatic heterocycles. The summed E-state index contributed by atoms with van der Waals surface area (Å²) in [7, 11) is 0. The van der Waals surface area contributed by atoms with Crippen LogP contribution in [0, 0.1) is 13.8 Å². The van der Waals surface area contributed by atoms with Gasteiger partial charge in [0.05, 0.1) is 6.54 Å². The standard InChI is InChI=1S/C19H24N2O2/c1-4-21(17-10-7-8-15(2)14-17)19(22)20-12-13-23-18-11-6-5-9-16(18)3/h5-11,14H,4,12-13H2,1-3H3,(H,20,22). The Morgan fingerprint density at radius 1 is 1.13 bits per heavy atom. The van der Waals surface area contributed by atoms with Crippen molar-refractivity contribution in [2.45, 2.75) is 20.8 Å². The van der Waals surface area contributed by atoms with Gasteiger partial charge in [0.15, 0.2) is 0 Å². The number of nitrogens with zero attached hydrogens (tertiary/aromatic N) is 1. The van der Waals surface area contributed by atoms with E-state index in [4.69, 9.17) is 4.74 Å². The smallest absolute Gasteiger partial charge is 0.321 e. The number of rotatable bonds is 6. The van der Waals surface area contributed by atoms with Crippen LogP contribution in [-0.4, -0.2) is 25.7 Å². The van der Waals surface area contributed by atoms with Crippen LogP contribution in [0.1, 0.15) is 18.1 Å². The van der Waals surface area contributed by atoms with Crippen LogP contribution in [0.5, 0.6) is 5.75 Å². The number of anilines is 1. The highest BCUT2D eigenvalue weighted by molar-refractivity contribution is 5.91. The zero-order chi connectivity index (χ0) is 16.7. The molecule has 0 atom stereocenters. The number of amides is 2. The van der Waals surface area contributed by atoms with Crippen molar-refractivity contribution in [1.82, 2.24) is 5.32 Å². The van der Waals surface area contributed by atoms with Gasteiger partial charge < -0.3 is 10.1 Å². The van der Waals surface area contributed by atoms with Gasteiger partial charge in [0.2, 0.25) is 0 Å². The minimum absolute atomic E-state index is 0.105. The fourth-order valence-electron chi connectivity index (χ4n) is 2.37. The number of nitrogens with one attached hydrogen (secondary N) is 1. The first kappa shape index (κ1) is 16.9. The van der Waals surface area contributed by atoms with E-state index in [-0.39, 0.29) is 6.03 Å². The van der Waals surface area contributed by atoms with Crippen molar-refractivity contribution in [3.8, 4) is 5.75 Å². The number of aryl methyl sites for hydroxylation is 2. The molecule has 2 aromatic carbocycles. The fraction of sp³-hybridized carbons (Fsp3) is 0.316. The molecule has 4 heteroatoms. The normalized spacial score (nSPS) is 10.2. The molecular formula is C19H24N2O2. The summed E-state index contributed by atoms with van der Waals surface area (Å²) in [5.41, 5.74) is 3.13. The SMILES string of the molecule is CCN(C(=O)NCCOc1ccccc1C)c1cccc(C)c1. The quantitative estimate of drug-likeness (QED) is 0.821. The van der Waals surface area contributed by atoms with Gasteiger partial charge in [-0.05, 0) is 50.1 Å². The van der Waals surface area contributed by atoms with Gasteiger partial charge in [0.1, 0.15) is 12.4 Å². The molecule has 2 rings (SSSR count). The van der Waals surface area contributed by atoms with E-state index in [1.807, 2.05) is 69.3 Å². The van der Waals surface area contributed by atoms with Crippen molar-refractivity contribution in [3.05, 3.63) is 59.7 Å². The Morgan fingerprint density at radius 2 is 1.91 bits per heavy atom. The van der Waals surface area contributed by atoms with E-state index in [0.717, 1.165) is 22.6 Å². The largest absolute Gasteiger partial charge is 0.491 e. The lowest BCUT2D eigenvalue weighted by Gasteiger charge is -2.22. The van der Waals surface area contributed by atoms with E-state index in [1.54, 1.807) is 4.90 Å². The van der Waals surface area contributed by atoms with Crippen LogP contribution >= 0.6 is 0 Å². The number of hydrogen-bond acceptors (Lipinski definition) is 2. The minimum Gasteiger partial charge on any atom is -0.491 e. The van der Waals surface area contributed by atoms with Crippen LogP contribution in [0.2, 0.25) is 0 Å². The molecule has 0 fully saturated rings. The van der Waals surface area contributed by atoms with E-state index in [1.165, 1.54) is 0 Å². The summed E-state index contributed by atoms with van der Waals surface area (Å²) in [5.74, 6) is 0.854. The van der Waals surface area contributed by atoms with Crippen molar-refractivity contribution in [3.63, 3.8) is 0 Å². The lowest BCUT2D eigenvalue weighted by Crippen LogP contribution is -2.41. The van der Waals surface area contributed by atoms with E-state index < -0.39 is 0 Å². The molecule has 0 unspecified atom stereocenters. The van der Waals surface area contributed by atoms with Crippen LogP contribution < -0.4 is 15.0 Å². The summed E-state index contributed by atoms with van der Waals surface area (Å²) in [6, 6.07) is 15.7. The average molecular weight is 312 g/mol. The Kier molecular flexibility index (Phi) is 6.03. The van der Waals surface area contributed by atoms with Crippen LogP contribution in [0.25, 0.3) is 0 Å². The molecule has 0 heterocycles. The summed E-state index contributed by atoms with van der Waals surface area (Å²) >= 11 is 0. The molecule has 0 aliphatic carbocycles. The van der Waals surface area contributed by atoms with Gasteiger partial charge in [0, 0.05) is 12.2 Å². The monoisotopic (exact) mass is 312 g/mol. The maximum Gasteiger partial charge on any atom is 0.321 e. The third-order valence-electron chi connectivity index (χ3n) is 3.60. The van der Waals surface area contributed by atoms with Crippen molar-refractivity contribution in [2.24, 2.45) is 0 Å². The fourth-order valence-corrected chi connectivity index (χ4v) is 2.37. The van der Waals surface area contributed by atoms with Gasteiger partial charge in [0.25, 0.3) is 0 Å². The molecule has 2 aromatic rings. The lowest BCUT2D eigenvalue weighted by molar-refractivity contribution is 0.242. The molecule has 122 valence electrons. The van der Waals surface area contributed by atoms with Crippen LogP contribution in [0.3, 0.4) is 0 Å². The topological polar surface area (TPSA) is 41.6 Å². The van der Waals surface area contributed by atoms with Gasteiger partial charge >= 0.3 is 6.03 Å². The zero-order valence-corrected chi connectivity index (χ0v) is 14.0. The molecular weight excluding hydrogens is 288 g/mol. The third kappa shape index (κ3) is 4.74. The summed E-state index contributed by atoms with van der Waals surface area (Å²) in [6.07, 6.45) is 0. The second-order valence-corrected chi connectivity index (χ2v) is 5.43. The first-order chi connectivity index (χ1) is 11.1. The minimum atomic E-state index is -0.105. The van der Waals surface area contributed by atoms with Crippen molar-refractivity contribution < 1.29 is 9.53 Å². The first-order valence-corrected chi connectivity index (χ1v) is 7.92. The molecule has 2 amide bonds. The Hall–Kier alpha value is -2.49. The molecule has 0 spiro atoms. The molecule has 0 aliphatic heterocycles. The second-order valence-electron chi connectivity index (χ2n) is 5.43. The maximum atomic E-state index is 12.3. The van der Waals surface area contributed by atoms with Crippen molar-refractivity contribution in [2.75, 3.05) is 24.6 Å². The van der Waals surface area contributed by atoms with E-state index >= 15 is 0 Å². The molecule has 0 aliphatic rings. The van der Waals surface area contributed by atoms with E-state index in [9.17, 15) is 4.79 Å². The maximum absolute atomic E-state index is 12.3. The summed E-state index contributed by atoms with van der Waals surface area (Å²) in [5, 5.41) is 2.90. The zero-order valence-electron chi connectivity index (χ0n) is 14.0. The van der Waals surface area contributed by atoms with Crippen molar-refractivity contribution >= 4 is 11.7 Å². The van der Waals surface area contributed by atoms with E-state index in [2.05, 4.69) is 5.32 Å². The van der Waals surface area contributed by atoms with Gasteiger partial charge in [-0.15, -0.1) is 0 Å². The van der Waals surface area contributed by atoms with Crippen molar-refractivity contribution in [1.29, 1.82) is 0 Å². The molecule has 0 saturated carbocycles. The molecule has 1 N–H and O–H groups in total. The Bertz CT molecular complexity index is 655. The molecule has 0 radical (unpaired) electrons. The summed E-state index contributed by atoms with van der Waals surface area (Å²) < 4.78 is 5.69. The Morgan fingerprint density at radius 3 is 2.61 bits per heavy atom. The molecule has 0 saturated heterocycles. The lowest BCUT2D eigenvalue weighted by atomic mass is 10.2. The predicted octanol–water partition coefficient (Wildman–Crippen LogP) is 3.92. The molecule has 23 heavy (non-hydrogen) atoms. The number of carbonyl (C=O) groups excluding carboxylic acids is 1. The Labute approximate surface area is 138 Å². The number of carbonyl (C=O) groups is 1. The van der Waals surface area contributed by atoms with Gasteiger partial charge in [-0.3, -0.25) is 4.90 Å². The Balaban J connectivity index is 1.85. The number of ether oxygens (including phenoxy) is 1. The average Bonchev–Trinajstić information content (AvgIpc) is 2.54. The highest BCUT2D eigenvalue weighted by atomic mass is 16.5. The number of hydrogen-bond donors (Lipinski definition) is 1. The first-order valence-electron chi connectivity index (χ1n) is 7.92. The number of urea groups is 1. The van der Waals surface area contributed by atoms with Gasteiger partial charge in [-0.25, -0.2) is 4.79 Å². The number of para-hydroxylation sites is 1. The third-order valence-corrected chi connectivity index (χ3v) is 3.60. The van der Waals surface area contributed by atoms with Crippen LogP contribution in [-0.2, 0) is 0 Å². The van der Waals surface area contributed by atoms with Gasteiger partial charge in [-0.2, -0.15) is 0 Å². The molecule has 4 nitrogen and oxygen atoms in total. The second kappa shape index (κ2) is 8.22. The number of benzene rings is 2. The van der Waals surface area contributed by atoms with Gasteiger partial charge in [-0.1, -0.05) is 30.3 Å². The summed E-state index contributed by atoms with van der Waals surface area (Å²) in [6.45, 7) is 7.52. The summed E-state index contributed by atoms with van der Waals surface area (Å²) in [4.78, 5) is 14.0. The molecule has 0 bridgehead atoms. The van der Waals surface area contributed by atoms with Crippen LogP contribution in [0.4, 0.5) is 10.5 Å². The van der Waals surface area contributed by atoms with Crippen LogP contribution in [0.15, 0.2) is 48.5 Å². The van der Waals surface area contributed by atoms with E-state index in [0.29, 0.717) is 19.7 Å². The predicted molar refractivity (Wildman–Crippen MR) is 94.3 cm³/mol. The highest BCUT2D eigenvalue weighted by Gasteiger charge is 2.13.